The Labute approximate surface area is 155 Å². The van der Waals surface area contributed by atoms with Crippen LogP contribution in [0.3, 0.4) is 0 Å². The van der Waals surface area contributed by atoms with Crippen molar-refractivity contribution in [3.63, 3.8) is 0 Å². The molecule has 2 aromatic carbocycles. The van der Waals surface area contributed by atoms with Gasteiger partial charge in [0.1, 0.15) is 6.54 Å². The van der Waals surface area contributed by atoms with E-state index in [0.717, 1.165) is 39.4 Å². The molecular weight excluding hydrogens is 328 g/mol. The number of hydrogen-bond donors (Lipinski definition) is 2. The molecule has 0 saturated heterocycles. The summed E-state index contributed by atoms with van der Waals surface area (Å²) in [4.78, 5) is 13.6. The van der Waals surface area contributed by atoms with Crippen LogP contribution in [0.5, 0.6) is 11.5 Å². The Hall–Kier alpha value is -2.53. The van der Waals surface area contributed by atoms with Gasteiger partial charge in [-0.1, -0.05) is 31.2 Å². The summed E-state index contributed by atoms with van der Waals surface area (Å²) in [6.45, 7) is 5.16. The highest BCUT2D eigenvalue weighted by atomic mass is 16.5. The average Bonchev–Trinajstić information content (AvgIpc) is 2.62. The maximum atomic E-state index is 12.5. The molecule has 1 amide bonds. The number of anilines is 1. The van der Waals surface area contributed by atoms with Gasteiger partial charge in [-0.2, -0.15) is 0 Å². The fourth-order valence-electron chi connectivity index (χ4n) is 3.14. The zero-order chi connectivity index (χ0) is 19.1. The third-order valence-corrected chi connectivity index (χ3v) is 4.44. The minimum atomic E-state index is 0.00774. The first-order valence-corrected chi connectivity index (χ1v) is 8.89. The van der Waals surface area contributed by atoms with Crippen molar-refractivity contribution in [3.05, 3.63) is 53.1 Å². The summed E-state index contributed by atoms with van der Waals surface area (Å²) in [5.41, 5.74) is 4.20. The number of carbonyl (C=O) groups excluding carboxylic acids is 1. The Morgan fingerprint density at radius 2 is 1.77 bits per heavy atom. The molecule has 0 bridgehead atoms. The Morgan fingerprint density at radius 3 is 2.42 bits per heavy atom. The van der Waals surface area contributed by atoms with Crippen LogP contribution in [-0.2, 0) is 17.8 Å². The molecule has 0 radical (unpaired) electrons. The van der Waals surface area contributed by atoms with Crippen molar-refractivity contribution in [2.24, 2.45) is 0 Å². The third kappa shape index (κ3) is 4.76. The van der Waals surface area contributed by atoms with E-state index in [1.54, 1.807) is 14.2 Å². The number of benzene rings is 2. The highest BCUT2D eigenvalue weighted by Crippen LogP contribution is 2.30. The molecule has 2 N–H and O–H groups in total. The van der Waals surface area contributed by atoms with Gasteiger partial charge in [0.2, 0.25) is 0 Å². The summed E-state index contributed by atoms with van der Waals surface area (Å²) in [7, 11) is 5.25. The van der Waals surface area contributed by atoms with E-state index in [2.05, 4.69) is 18.3 Å². The van der Waals surface area contributed by atoms with Crippen LogP contribution < -0.4 is 19.7 Å². The lowest BCUT2D eigenvalue weighted by molar-refractivity contribution is -0.885. The van der Waals surface area contributed by atoms with Crippen LogP contribution in [0.25, 0.3) is 0 Å². The fraction of sp³-hybridized carbons (Fsp3) is 0.381. The van der Waals surface area contributed by atoms with E-state index in [-0.39, 0.29) is 5.91 Å². The summed E-state index contributed by atoms with van der Waals surface area (Å²) in [6, 6.07) is 11.9. The number of likely N-dealkylation sites (N-methyl/N-ethyl adjacent to an activating group) is 1. The molecule has 2 aromatic rings. The molecule has 0 aliphatic rings. The minimum Gasteiger partial charge on any atom is -0.493 e. The molecule has 140 valence electrons. The van der Waals surface area contributed by atoms with Crippen molar-refractivity contribution in [2.45, 2.75) is 26.8 Å². The Kier molecular flexibility index (Phi) is 7.04. The van der Waals surface area contributed by atoms with Gasteiger partial charge in [-0.15, -0.1) is 0 Å². The van der Waals surface area contributed by atoms with E-state index in [1.165, 1.54) is 0 Å². The zero-order valence-corrected chi connectivity index (χ0v) is 16.3. The largest absolute Gasteiger partial charge is 0.493 e. The van der Waals surface area contributed by atoms with Gasteiger partial charge >= 0.3 is 0 Å². The molecule has 2 rings (SSSR count). The maximum absolute atomic E-state index is 12.5. The van der Waals surface area contributed by atoms with Crippen LogP contribution in [0.2, 0.25) is 0 Å². The number of amides is 1. The highest BCUT2D eigenvalue weighted by Gasteiger charge is 2.17. The van der Waals surface area contributed by atoms with Crippen molar-refractivity contribution in [1.82, 2.24) is 0 Å². The third-order valence-electron chi connectivity index (χ3n) is 4.44. The topological polar surface area (TPSA) is 52.0 Å². The second-order valence-electron chi connectivity index (χ2n) is 6.47. The standard InChI is InChI=1S/C21H28N2O3/c1-6-16-10-7-9-15(2)20(16)22-19(24)14-23(3)13-17-11-8-12-18(25-4)21(17)26-5/h7-12H,6,13-14H2,1-5H3,(H,22,24)/p+1. The van der Waals surface area contributed by atoms with Gasteiger partial charge in [0.15, 0.2) is 18.0 Å². The van der Waals surface area contributed by atoms with Gasteiger partial charge in [0.25, 0.3) is 5.91 Å². The van der Waals surface area contributed by atoms with E-state index in [0.29, 0.717) is 18.8 Å². The number of para-hydroxylation sites is 2. The fourth-order valence-corrected chi connectivity index (χ4v) is 3.14. The van der Waals surface area contributed by atoms with Crippen LogP contribution in [0.1, 0.15) is 23.6 Å². The summed E-state index contributed by atoms with van der Waals surface area (Å²) >= 11 is 0. The molecular formula is C21H29N2O3+. The lowest BCUT2D eigenvalue weighted by Crippen LogP contribution is -3.08. The Balaban J connectivity index is 2.05. The summed E-state index contributed by atoms with van der Waals surface area (Å²) in [5, 5.41) is 3.08. The van der Waals surface area contributed by atoms with Gasteiger partial charge in [0, 0.05) is 5.69 Å². The molecule has 0 aromatic heterocycles. The molecule has 0 saturated carbocycles. The Bertz CT molecular complexity index is 759. The average molecular weight is 357 g/mol. The van der Waals surface area contributed by atoms with Crippen LogP contribution in [0, 0.1) is 6.92 Å². The number of aryl methyl sites for hydroxylation is 2. The van der Waals surface area contributed by atoms with Crippen molar-refractivity contribution >= 4 is 11.6 Å². The normalized spacial score (nSPS) is 11.7. The molecule has 5 heteroatoms. The predicted molar refractivity (Wildman–Crippen MR) is 104 cm³/mol. The summed E-state index contributed by atoms with van der Waals surface area (Å²) in [5.74, 6) is 1.44. The smallest absolute Gasteiger partial charge is 0.279 e. The second-order valence-corrected chi connectivity index (χ2v) is 6.47. The molecule has 0 aliphatic carbocycles. The van der Waals surface area contributed by atoms with Crippen molar-refractivity contribution in [3.8, 4) is 11.5 Å². The first-order valence-electron chi connectivity index (χ1n) is 8.89. The van der Waals surface area contributed by atoms with Gasteiger partial charge in [-0.05, 0) is 36.6 Å². The predicted octanol–water partition coefficient (Wildman–Crippen LogP) is 2.23. The Morgan fingerprint density at radius 1 is 1.08 bits per heavy atom. The molecule has 1 unspecified atom stereocenters. The van der Waals surface area contributed by atoms with Crippen LogP contribution >= 0.6 is 0 Å². The maximum Gasteiger partial charge on any atom is 0.279 e. The van der Waals surface area contributed by atoms with Crippen LogP contribution in [-0.4, -0.2) is 33.7 Å². The first kappa shape index (κ1) is 19.8. The monoisotopic (exact) mass is 357 g/mol. The number of ether oxygens (including phenoxy) is 2. The van der Waals surface area contributed by atoms with E-state index in [4.69, 9.17) is 9.47 Å². The van der Waals surface area contributed by atoms with Gasteiger partial charge < -0.3 is 19.7 Å². The van der Waals surface area contributed by atoms with Crippen molar-refractivity contribution < 1.29 is 19.2 Å². The SMILES string of the molecule is CCc1cccc(C)c1NC(=O)C[NH+](C)Cc1cccc(OC)c1OC. The van der Waals surface area contributed by atoms with Gasteiger partial charge in [-0.3, -0.25) is 4.79 Å². The quantitative estimate of drug-likeness (QED) is 0.762. The van der Waals surface area contributed by atoms with Crippen molar-refractivity contribution in [2.75, 3.05) is 33.1 Å². The second kappa shape index (κ2) is 9.25. The lowest BCUT2D eigenvalue weighted by atomic mass is 10.1. The van der Waals surface area contributed by atoms with Gasteiger partial charge in [-0.25, -0.2) is 0 Å². The molecule has 0 spiro atoms. The van der Waals surface area contributed by atoms with Crippen LogP contribution in [0.4, 0.5) is 5.69 Å². The number of methoxy groups -OCH3 is 2. The molecule has 0 aliphatic heterocycles. The van der Waals surface area contributed by atoms with Crippen molar-refractivity contribution in [1.29, 1.82) is 0 Å². The number of nitrogens with one attached hydrogen (secondary N) is 2. The number of carbonyl (C=O) groups is 1. The highest BCUT2D eigenvalue weighted by molar-refractivity contribution is 5.93. The molecule has 0 heterocycles. The summed E-state index contributed by atoms with van der Waals surface area (Å²) in [6.07, 6.45) is 0.890. The molecule has 0 fully saturated rings. The van der Waals surface area contributed by atoms with E-state index in [1.807, 2.05) is 44.3 Å². The number of rotatable bonds is 8. The van der Waals surface area contributed by atoms with Crippen LogP contribution in [0.15, 0.2) is 36.4 Å². The van der Waals surface area contributed by atoms with E-state index >= 15 is 0 Å². The van der Waals surface area contributed by atoms with E-state index < -0.39 is 0 Å². The molecule has 26 heavy (non-hydrogen) atoms. The minimum absolute atomic E-state index is 0.00774. The molecule has 5 nitrogen and oxygen atoms in total. The van der Waals surface area contributed by atoms with E-state index in [9.17, 15) is 4.79 Å². The zero-order valence-electron chi connectivity index (χ0n) is 16.3. The number of quaternary nitrogens is 1. The first-order chi connectivity index (χ1) is 12.5. The van der Waals surface area contributed by atoms with Gasteiger partial charge in [0.05, 0.1) is 26.8 Å². The summed E-state index contributed by atoms with van der Waals surface area (Å²) < 4.78 is 10.8. The number of hydrogen-bond acceptors (Lipinski definition) is 3. The molecule has 1 atom stereocenters. The lowest BCUT2D eigenvalue weighted by Gasteiger charge is -2.18.